The summed E-state index contributed by atoms with van der Waals surface area (Å²) in [5, 5.41) is 9.81. The van der Waals surface area contributed by atoms with Gasteiger partial charge in [-0.3, -0.25) is 19.2 Å². The number of benzene rings is 1. The highest BCUT2D eigenvalue weighted by Crippen LogP contribution is 2.34. The number of nitrogens with one attached hydrogen (secondary N) is 2. The first-order chi connectivity index (χ1) is 24.8. The molecule has 7 rings (SSSR count). The van der Waals surface area contributed by atoms with Crippen LogP contribution >= 0.6 is 11.6 Å². The van der Waals surface area contributed by atoms with Gasteiger partial charge in [0.1, 0.15) is 17.8 Å². The van der Waals surface area contributed by atoms with Gasteiger partial charge in [0.25, 0.3) is 17.0 Å². The summed E-state index contributed by atoms with van der Waals surface area (Å²) in [4.78, 5) is 64.6. The maximum absolute atomic E-state index is 14.3. The number of aromatic amines is 1. The standard InChI is InChI=1S/C33H38ClF3N10O5/c1-3-25-27(43-9-10-44(19(2)17-43)28(49)22-16-38-46(29(22)50)21-5-4-6-21)30(51)47-32(40-31(41-47)42-11-13-52-14-12-42)45(25)18-26(48)39-24-8-7-20(15-23(24)34)33(35,36)37/h7-8,15-16,19,21,38H,3-6,9-14,17-18H2,1-2H3,(H,39,48)/t19-/m1/s1. The molecule has 4 aromatic rings. The first-order valence-corrected chi connectivity index (χ1v) is 17.6. The molecular weight excluding hydrogens is 709 g/mol. The molecule has 3 aromatic heterocycles. The van der Waals surface area contributed by atoms with E-state index in [1.807, 2.05) is 23.6 Å². The van der Waals surface area contributed by atoms with Crippen molar-refractivity contribution in [1.82, 2.24) is 33.8 Å². The molecule has 1 aliphatic carbocycles. The quantitative estimate of drug-likeness (QED) is 0.277. The highest BCUT2D eigenvalue weighted by atomic mass is 35.5. The third-order valence-corrected chi connectivity index (χ3v) is 10.3. The molecule has 2 aliphatic heterocycles. The summed E-state index contributed by atoms with van der Waals surface area (Å²) in [6, 6.07) is 2.33. The largest absolute Gasteiger partial charge is 0.416 e. The fraction of sp³-hybridized carbons (Fsp3) is 0.515. The van der Waals surface area contributed by atoms with Crippen molar-refractivity contribution < 1.29 is 27.5 Å². The number of aromatic nitrogens is 6. The maximum Gasteiger partial charge on any atom is 0.416 e. The number of rotatable bonds is 8. The van der Waals surface area contributed by atoms with Gasteiger partial charge in [-0.2, -0.15) is 22.7 Å². The van der Waals surface area contributed by atoms with E-state index >= 15 is 0 Å². The van der Waals surface area contributed by atoms with Crippen LogP contribution in [0, 0.1) is 0 Å². The van der Waals surface area contributed by atoms with Crippen LogP contribution in [0.1, 0.15) is 60.8 Å². The van der Waals surface area contributed by atoms with Crippen LogP contribution < -0.4 is 26.2 Å². The zero-order valence-electron chi connectivity index (χ0n) is 28.6. The lowest BCUT2D eigenvalue weighted by Crippen LogP contribution is -2.56. The number of hydrogen-bond donors (Lipinski definition) is 2. The van der Waals surface area contributed by atoms with Crippen molar-refractivity contribution >= 4 is 46.5 Å². The van der Waals surface area contributed by atoms with Gasteiger partial charge in [0.2, 0.25) is 17.6 Å². The number of anilines is 3. The van der Waals surface area contributed by atoms with E-state index in [1.54, 1.807) is 9.47 Å². The highest BCUT2D eigenvalue weighted by Gasteiger charge is 2.35. The van der Waals surface area contributed by atoms with Crippen molar-refractivity contribution in [2.24, 2.45) is 0 Å². The zero-order valence-corrected chi connectivity index (χ0v) is 29.3. The maximum atomic E-state index is 14.3. The van der Waals surface area contributed by atoms with E-state index in [9.17, 15) is 32.3 Å². The third kappa shape index (κ3) is 6.53. The normalized spacial score (nSPS) is 18.6. The Morgan fingerprint density at radius 2 is 1.83 bits per heavy atom. The molecule has 2 N–H and O–H groups in total. The number of halogens is 4. The number of piperazine rings is 1. The molecule has 0 unspecified atom stereocenters. The molecule has 52 heavy (non-hydrogen) atoms. The second-order valence-electron chi connectivity index (χ2n) is 13.2. The molecule has 2 saturated heterocycles. The summed E-state index contributed by atoms with van der Waals surface area (Å²) < 4.78 is 49.4. The minimum Gasteiger partial charge on any atom is -0.378 e. The van der Waals surface area contributed by atoms with Gasteiger partial charge in [-0.1, -0.05) is 18.5 Å². The SMILES string of the molecule is CCc1c(N2CCN(C(=O)c3c[nH]n(C4CCC4)c3=O)[C@H](C)C2)c(=O)n2nc(N3CCOCC3)nc2n1CC(=O)Nc1ccc(C(F)(F)F)cc1Cl. The Balaban J connectivity index is 1.21. The van der Waals surface area contributed by atoms with E-state index in [0.717, 1.165) is 42.0 Å². The smallest absolute Gasteiger partial charge is 0.378 e. The Kier molecular flexibility index (Phi) is 9.54. The van der Waals surface area contributed by atoms with Gasteiger partial charge >= 0.3 is 6.18 Å². The van der Waals surface area contributed by atoms with E-state index in [4.69, 9.17) is 16.3 Å². The summed E-state index contributed by atoms with van der Waals surface area (Å²) in [6.07, 6.45) is -0.0471. The predicted octanol–water partition coefficient (Wildman–Crippen LogP) is 3.17. The first-order valence-electron chi connectivity index (χ1n) is 17.2. The van der Waals surface area contributed by atoms with E-state index < -0.39 is 29.2 Å². The summed E-state index contributed by atoms with van der Waals surface area (Å²) in [5.41, 5.74) is -0.935. The molecule has 0 bridgehead atoms. The van der Waals surface area contributed by atoms with Crippen LogP contribution in [0.15, 0.2) is 34.0 Å². The number of carbonyl (C=O) groups excluding carboxylic acids is 2. The molecule has 19 heteroatoms. The van der Waals surface area contributed by atoms with Crippen LogP contribution in [-0.4, -0.2) is 97.6 Å². The molecule has 278 valence electrons. The molecule has 1 saturated carbocycles. The number of hydrogen-bond acceptors (Lipinski definition) is 9. The first kappa shape index (κ1) is 35.6. The highest BCUT2D eigenvalue weighted by molar-refractivity contribution is 6.33. The molecule has 5 heterocycles. The van der Waals surface area contributed by atoms with Gasteiger partial charge in [-0.15, -0.1) is 5.10 Å². The number of ether oxygens (including phenoxy) is 1. The average molecular weight is 747 g/mol. The number of fused-ring (bicyclic) bond motifs is 1. The predicted molar refractivity (Wildman–Crippen MR) is 185 cm³/mol. The van der Waals surface area contributed by atoms with Gasteiger partial charge in [0.05, 0.1) is 41.2 Å². The van der Waals surface area contributed by atoms with E-state index in [1.165, 1.54) is 10.9 Å². The second-order valence-corrected chi connectivity index (χ2v) is 13.7. The van der Waals surface area contributed by atoms with Crippen molar-refractivity contribution in [2.75, 3.05) is 61.1 Å². The van der Waals surface area contributed by atoms with Crippen LogP contribution in [0.25, 0.3) is 5.78 Å². The molecule has 2 amide bonds. The zero-order chi connectivity index (χ0) is 36.9. The number of alkyl halides is 3. The monoisotopic (exact) mass is 746 g/mol. The van der Waals surface area contributed by atoms with Crippen molar-refractivity contribution in [3.8, 4) is 0 Å². The Bertz CT molecular complexity index is 2130. The number of H-pyrrole nitrogens is 1. The third-order valence-electron chi connectivity index (χ3n) is 9.99. The molecule has 0 radical (unpaired) electrons. The molecular formula is C33H38ClF3N10O5. The lowest BCUT2D eigenvalue weighted by molar-refractivity contribution is -0.137. The van der Waals surface area contributed by atoms with Gasteiger partial charge in [0, 0.05) is 45.0 Å². The van der Waals surface area contributed by atoms with E-state index in [2.05, 4.69) is 20.5 Å². The van der Waals surface area contributed by atoms with Crippen molar-refractivity contribution in [3.63, 3.8) is 0 Å². The van der Waals surface area contributed by atoms with Crippen LogP contribution in [0.2, 0.25) is 5.02 Å². The van der Waals surface area contributed by atoms with E-state index in [0.29, 0.717) is 38.4 Å². The molecule has 0 spiro atoms. The van der Waals surface area contributed by atoms with Crippen molar-refractivity contribution in [1.29, 1.82) is 0 Å². The summed E-state index contributed by atoms with van der Waals surface area (Å²) >= 11 is 6.13. The topological polar surface area (TPSA) is 155 Å². The number of amides is 2. The fourth-order valence-electron chi connectivity index (χ4n) is 7.01. The summed E-state index contributed by atoms with van der Waals surface area (Å²) in [6.45, 7) is 5.90. The van der Waals surface area contributed by atoms with Gasteiger partial charge < -0.3 is 34.4 Å². The molecule has 15 nitrogen and oxygen atoms in total. The van der Waals surface area contributed by atoms with Crippen LogP contribution in [-0.2, 0) is 28.7 Å². The lowest BCUT2D eigenvalue weighted by Gasteiger charge is -2.41. The minimum absolute atomic E-state index is 0.0121. The minimum atomic E-state index is -4.61. The van der Waals surface area contributed by atoms with E-state index in [-0.39, 0.29) is 77.4 Å². The molecule has 1 aromatic carbocycles. The average Bonchev–Trinajstić information content (AvgIpc) is 3.70. The van der Waals surface area contributed by atoms with Gasteiger partial charge in [-0.25, -0.2) is 4.68 Å². The van der Waals surface area contributed by atoms with Gasteiger partial charge in [0.15, 0.2) is 0 Å². The lowest BCUT2D eigenvalue weighted by atomic mass is 9.93. The van der Waals surface area contributed by atoms with Gasteiger partial charge in [-0.05, 0) is 50.8 Å². The Morgan fingerprint density at radius 3 is 2.46 bits per heavy atom. The Labute approximate surface area is 299 Å². The van der Waals surface area contributed by atoms with Crippen LogP contribution in [0.5, 0.6) is 0 Å². The number of carbonyl (C=O) groups is 2. The Morgan fingerprint density at radius 1 is 1.08 bits per heavy atom. The Hall–Kier alpha value is -4.84. The van der Waals surface area contributed by atoms with Crippen LogP contribution in [0.4, 0.5) is 30.5 Å². The van der Waals surface area contributed by atoms with Crippen molar-refractivity contribution in [3.05, 3.63) is 66.9 Å². The summed E-state index contributed by atoms with van der Waals surface area (Å²) in [5.74, 6) is -0.619. The molecule has 3 fully saturated rings. The molecule has 1 atom stereocenters. The number of morpholine rings is 1. The molecule has 3 aliphatic rings. The van der Waals surface area contributed by atoms with Crippen molar-refractivity contribution in [2.45, 2.75) is 64.3 Å². The summed E-state index contributed by atoms with van der Waals surface area (Å²) in [7, 11) is 0. The van der Waals surface area contributed by atoms with Crippen LogP contribution in [0.3, 0.4) is 0 Å². The number of nitrogens with zero attached hydrogens (tertiary/aromatic N) is 8. The second kappa shape index (κ2) is 13.9. The fourth-order valence-corrected chi connectivity index (χ4v) is 7.24.